The van der Waals surface area contributed by atoms with E-state index in [-0.39, 0.29) is 6.42 Å². The van der Waals surface area contributed by atoms with Crippen LogP contribution in [0.3, 0.4) is 0 Å². The molecule has 0 aromatic heterocycles. The van der Waals surface area contributed by atoms with E-state index in [9.17, 15) is 30.3 Å². The third-order valence-corrected chi connectivity index (χ3v) is 4.48. The number of hydrogen-bond donors (Lipinski definition) is 0. The molecule has 2 unspecified atom stereocenters. The highest BCUT2D eigenvalue weighted by Gasteiger charge is 2.71. The summed E-state index contributed by atoms with van der Waals surface area (Å²) in [6, 6.07) is 0. The molecule has 1 aliphatic heterocycles. The lowest BCUT2D eigenvalue weighted by molar-refractivity contribution is -0.852. The van der Waals surface area contributed by atoms with E-state index in [1.54, 1.807) is 0 Å². The van der Waals surface area contributed by atoms with Gasteiger partial charge in [-0.15, -0.1) is 0 Å². The predicted octanol–water partition coefficient (Wildman–Crippen LogP) is 2.94. The Hall–Kier alpha value is -1.92. The lowest BCUT2D eigenvalue weighted by Crippen LogP contribution is -2.57. The largest absolute Gasteiger partial charge is 0.568 e. The topological polar surface area (TPSA) is 151 Å². The zero-order chi connectivity index (χ0) is 20.4. The van der Waals surface area contributed by atoms with Crippen molar-refractivity contribution in [1.82, 2.24) is 5.23 Å². The van der Waals surface area contributed by atoms with Crippen LogP contribution in [0.5, 0.6) is 0 Å². The van der Waals surface area contributed by atoms with Crippen molar-refractivity contribution in [3.8, 4) is 0 Å². The second-order valence-corrected chi connectivity index (χ2v) is 6.71. The second kappa shape index (κ2) is 11.0. The van der Waals surface area contributed by atoms with Gasteiger partial charge in [0, 0.05) is 4.92 Å². The van der Waals surface area contributed by atoms with Gasteiger partial charge in [0.15, 0.2) is 0 Å². The second-order valence-electron chi connectivity index (χ2n) is 6.71. The highest BCUT2D eigenvalue weighted by molar-refractivity contribution is 4.75. The molecule has 12 heteroatoms. The van der Waals surface area contributed by atoms with Crippen molar-refractivity contribution < 1.29 is 24.4 Å². The number of hydroxylamine groups is 2. The molecule has 1 saturated heterocycles. The third-order valence-electron chi connectivity index (χ3n) is 4.48. The molecule has 156 valence electrons. The highest BCUT2D eigenvalue weighted by atomic mass is 17.0. The number of nitro groups is 3. The maximum atomic E-state index is 11.5. The van der Waals surface area contributed by atoms with E-state index in [4.69, 9.17) is 9.68 Å². The zero-order valence-electron chi connectivity index (χ0n) is 15.8. The number of unbranched alkanes of at least 4 members (excludes halogenated alkanes) is 4. The van der Waals surface area contributed by atoms with Crippen molar-refractivity contribution >= 4 is 0 Å². The summed E-state index contributed by atoms with van der Waals surface area (Å²) in [5.41, 5.74) is 0. The van der Waals surface area contributed by atoms with Crippen LogP contribution in [0, 0.1) is 30.3 Å². The van der Waals surface area contributed by atoms with Gasteiger partial charge in [0.2, 0.25) is 6.54 Å². The van der Waals surface area contributed by atoms with Crippen molar-refractivity contribution in [1.29, 1.82) is 0 Å². The Morgan fingerprint density at radius 1 is 1.07 bits per heavy atom. The first-order valence-electron chi connectivity index (χ1n) is 9.32. The van der Waals surface area contributed by atoms with Crippen molar-refractivity contribution in [3.63, 3.8) is 0 Å². The molecule has 0 saturated carbocycles. The molecule has 12 nitrogen and oxygen atoms in total. The van der Waals surface area contributed by atoms with Gasteiger partial charge in [-0.05, 0) is 12.8 Å². The molecular formula is C15H28N4O8. The highest BCUT2D eigenvalue weighted by Crippen LogP contribution is 2.36. The van der Waals surface area contributed by atoms with Crippen LogP contribution in [0.25, 0.3) is 0 Å². The smallest absolute Gasteiger partial charge is 0.264 e. The van der Waals surface area contributed by atoms with Gasteiger partial charge in [-0.25, -0.2) is 0 Å². The Morgan fingerprint density at radius 2 is 1.67 bits per heavy atom. The minimum absolute atomic E-state index is 0.251. The lowest BCUT2D eigenvalue weighted by Gasteiger charge is -2.23. The Labute approximate surface area is 157 Å². The normalized spacial score (nSPS) is 20.4. The van der Waals surface area contributed by atoms with Crippen molar-refractivity contribution in [2.45, 2.75) is 89.6 Å². The van der Waals surface area contributed by atoms with Crippen molar-refractivity contribution in [3.05, 3.63) is 30.3 Å². The van der Waals surface area contributed by atoms with Crippen LogP contribution < -0.4 is 0 Å². The fraction of sp³-hybridized carbons (Fsp3) is 1.00. The van der Waals surface area contributed by atoms with Gasteiger partial charge in [0.05, 0.1) is 11.3 Å². The van der Waals surface area contributed by atoms with E-state index in [1.165, 1.54) is 0 Å². The maximum Gasteiger partial charge on any atom is 0.568 e. The fourth-order valence-corrected chi connectivity index (χ4v) is 2.97. The van der Waals surface area contributed by atoms with E-state index < -0.39 is 45.7 Å². The summed E-state index contributed by atoms with van der Waals surface area (Å²) < 4.78 is 0. The van der Waals surface area contributed by atoms with E-state index in [0.29, 0.717) is 24.5 Å². The lowest BCUT2D eigenvalue weighted by atomic mass is 10.1. The third kappa shape index (κ3) is 6.33. The van der Waals surface area contributed by atoms with Crippen LogP contribution in [-0.4, -0.2) is 44.5 Å². The van der Waals surface area contributed by atoms with Crippen molar-refractivity contribution in [2.24, 2.45) is 0 Å². The molecule has 0 spiro atoms. The average molecular weight is 392 g/mol. The summed E-state index contributed by atoms with van der Waals surface area (Å²) in [5, 5.41) is 34.3. The molecule has 0 aromatic carbocycles. The summed E-state index contributed by atoms with van der Waals surface area (Å²) >= 11 is 0. The summed E-state index contributed by atoms with van der Waals surface area (Å²) in [4.78, 5) is 42.0. The molecule has 1 aliphatic rings. The minimum Gasteiger partial charge on any atom is -0.264 e. The van der Waals surface area contributed by atoms with E-state index in [0.717, 1.165) is 25.7 Å². The van der Waals surface area contributed by atoms with Crippen molar-refractivity contribution in [2.75, 3.05) is 6.54 Å². The first kappa shape index (κ1) is 23.1. The SMILES string of the molecule is CCCCCC(C[N+](=O)[O-])ON1OC(CCCCC)CC1([N+](=O)[O-])[N+](=O)[O-]. The average Bonchev–Trinajstić information content (AvgIpc) is 2.94. The molecule has 0 aliphatic carbocycles. The Bertz CT molecular complexity index is 504. The summed E-state index contributed by atoms with van der Waals surface area (Å²) in [7, 11) is 0. The zero-order valence-corrected chi connectivity index (χ0v) is 15.8. The van der Waals surface area contributed by atoms with E-state index >= 15 is 0 Å². The summed E-state index contributed by atoms with van der Waals surface area (Å²) in [6.45, 7) is 3.33. The quantitative estimate of drug-likeness (QED) is 0.188. The molecule has 2 atom stereocenters. The van der Waals surface area contributed by atoms with Gasteiger partial charge in [-0.1, -0.05) is 52.4 Å². The molecule has 27 heavy (non-hydrogen) atoms. The maximum absolute atomic E-state index is 11.5. The molecule has 1 fully saturated rings. The first-order valence-corrected chi connectivity index (χ1v) is 9.32. The van der Waals surface area contributed by atoms with Gasteiger partial charge in [-0.3, -0.25) is 40.0 Å². The Kier molecular flexibility index (Phi) is 9.46. The number of hydrogen-bond acceptors (Lipinski definition) is 9. The van der Waals surface area contributed by atoms with Gasteiger partial charge < -0.3 is 0 Å². The molecule has 0 N–H and O–H groups in total. The van der Waals surface area contributed by atoms with Gasteiger partial charge >= 0.3 is 5.79 Å². The summed E-state index contributed by atoms with van der Waals surface area (Å²) in [5.74, 6) is -2.80. The van der Waals surface area contributed by atoms with E-state index in [2.05, 4.69) is 0 Å². The number of nitrogens with zero attached hydrogens (tertiary/aromatic N) is 4. The molecule has 0 aromatic rings. The Morgan fingerprint density at radius 3 is 2.19 bits per heavy atom. The van der Waals surface area contributed by atoms with E-state index in [1.807, 2.05) is 13.8 Å². The number of rotatable bonds is 14. The van der Waals surface area contributed by atoms with Gasteiger partial charge in [-0.2, -0.15) is 0 Å². The monoisotopic (exact) mass is 392 g/mol. The van der Waals surface area contributed by atoms with Crippen LogP contribution in [-0.2, 0) is 9.68 Å². The van der Waals surface area contributed by atoms with Crippen LogP contribution in [0.2, 0.25) is 0 Å². The standard InChI is InChI=1S/C15H28N4O8/c1-3-5-7-9-13-11-15(17(22)23,18(24)25)19(26-13)27-14(12-16(20)21)10-8-6-4-2/h13-14H,3-12H2,1-2H3. The predicted molar refractivity (Wildman–Crippen MR) is 93.1 cm³/mol. The molecule has 0 bridgehead atoms. The molecule has 0 radical (unpaired) electrons. The van der Waals surface area contributed by atoms with Crippen LogP contribution in [0.15, 0.2) is 0 Å². The minimum atomic E-state index is -2.80. The van der Waals surface area contributed by atoms with Gasteiger partial charge in [0.1, 0.15) is 22.4 Å². The van der Waals surface area contributed by atoms with Crippen LogP contribution in [0.4, 0.5) is 0 Å². The van der Waals surface area contributed by atoms with Crippen LogP contribution in [0.1, 0.15) is 71.6 Å². The molecular weight excluding hydrogens is 364 g/mol. The van der Waals surface area contributed by atoms with Gasteiger partial charge in [0.25, 0.3) is 0 Å². The summed E-state index contributed by atoms with van der Waals surface area (Å²) in [6.07, 6.45) is 3.16. The molecule has 0 amide bonds. The fourth-order valence-electron chi connectivity index (χ4n) is 2.97. The molecule has 1 rings (SSSR count). The molecule has 1 heterocycles. The first-order chi connectivity index (χ1) is 12.8. The van der Waals surface area contributed by atoms with Crippen LogP contribution >= 0.6 is 0 Å². The Balaban J connectivity index is 2.95.